The minimum atomic E-state index is -0.332. The van der Waals surface area contributed by atoms with Crippen molar-refractivity contribution < 1.29 is 18.7 Å². The molecule has 1 N–H and O–H groups in total. The van der Waals surface area contributed by atoms with E-state index in [0.717, 1.165) is 33.3 Å². The van der Waals surface area contributed by atoms with Gasteiger partial charge >= 0.3 is 0 Å². The zero-order chi connectivity index (χ0) is 29.2. The molecule has 4 rings (SSSR count). The highest BCUT2D eigenvalue weighted by Gasteiger charge is 2.26. The molecule has 0 aliphatic heterocycles. The third kappa shape index (κ3) is 7.97. The second-order valence-corrected chi connectivity index (χ2v) is 10.3. The van der Waals surface area contributed by atoms with Crippen LogP contribution in [0.4, 0.5) is 4.39 Å². The largest absolute Gasteiger partial charge is 0.494 e. The Kier molecular flexibility index (Phi) is 10.5. The fraction of sp³-hybridized carbons (Fsp3) is 0.353. The maximum Gasteiger partial charge on any atom is 0.242 e. The molecule has 6 nitrogen and oxygen atoms in total. The maximum atomic E-state index is 13.9. The van der Waals surface area contributed by atoms with Crippen LogP contribution in [0.1, 0.15) is 50.3 Å². The smallest absolute Gasteiger partial charge is 0.242 e. The van der Waals surface area contributed by atoms with Gasteiger partial charge in [0.1, 0.15) is 18.1 Å². The van der Waals surface area contributed by atoms with Gasteiger partial charge in [-0.25, -0.2) is 4.39 Å². The molecular formula is C34H40FN3O3. The zero-order valence-electron chi connectivity index (χ0n) is 24.2. The molecule has 1 heterocycles. The lowest BCUT2D eigenvalue weighted by Crippen LogP contribution is -2.44. The van der Waals surface area contributed by atoms with Crippen LogP contribution in [-0.4, -0.2) is 46.3 Å². The molecule has 0 aliphatic rings. The van der Waals surface area contributed by atoms with E-state index in [9.17, 15) is 14.0 Å². The zero-order valence-corrected chi connectivity index (χ0v) is 24.2. The first kappa shape index (κ1) is 29.8. The Bertz CT molecular complexity index is 1410. The van der Waals surface area contributed by atoms with Crippen molar-refractivity contribution in [2.45, 2.75) is 53.1 Å². The Morgan fingerprint density at radius 3 is 2.15 bits per heavy atom. The summed E-state index contributed by atoms with van der Waals surface area (Å²) in [5, 5.41) is 1.14. The van der Waals surface area contributed by atoms with Crippen LogP contribution in [0.25, 0.3) is 10.9 Å². The number of nitrogens with one attached hydrogen (secondary N) is 1. The number of aromatic nitrogens is 1. The number of fused-ring (bicyclic) bond motifs is 1. The molecule has 0 spiro atoms. The Morgan fingerprint density at radius 1 is 0.854 bits per heavy atom. The average molecular weight is 558 g/mol. The van der Waals surface area contributed by atoms with Gasteiger partial charge in [-0.2, -0.15) is 0 Å². The van der Waals surface area contributed by atoms with Crippen LogP contribution in [-0.2, 0) is 29.1 Å². The van der Waals surface area contributed by atoms with Crippen LogP contribution >= 0.6 is 0 Å². The number of hydrogen-bond acceptors (Lipinski definition) is 3. The summed E-state index contributed by atoms with van der Waals surface area (Å²) in [5.41, 5.74) is 3.97. The number of carbonyl (C=O) groups is 2. The van der Waals surface area contributed by atoms with Crippen LogP contribution in [0.2, 0.25) is 0 Å². The average Bonchev–Trinajstić information content (AvgIpc) is 3.40. The molecule has 0 aliphatic carbocycles. The van der Waals surface area contributed by atoms with E-state index in [0.29, 0.717) is 39.0 Å². The highest BCUT2D eigenvalue weighted by atomic mass is 19.1. The van der Waals surface area contributed by atoms with Crippen LogP contribution in [0.5, 0.6) is 5.75 Å². The van der Waals surface area contributed by atoms with Crippen molar-refractivity contribution in [1.29, 1.82) is 0 Å². The van der Waals surface area contributed by atoms with E-state index >= 15 is 0 Å². The second kappa shape index (κ2) is 14.5. The summed E-state index contributed by atoms with van der Waals surface area (Å²) in [6, 6.07) is 22.0. The number of aromatic amines is 1. The van der Waals surface area contributed by atoms with Gasteiger partial charge in [-0.3, -0.25) is 9.59 Å². The van der Waals surface area contributed by atoms with Gasteiger partial charge < -0.3 is 19.5 Å². The second-order valence-electron chi connectivity index (χ2n) is 10.3. The van der Waals surface area contributed by atoms with Gasteiger partial charge in [0.15, 0.2) is 0 Å². The number of nitrogens with zero attached hydrogens (tertiary/aromatic N) is 2. The van der Waals surface area contributed by atoms with Crippen molar-refractivity contribution in [2.75, 3.05) is 19.7 Å². The summed E-state index contributed by atoms with van der Waals surface area (Å²) in [6.07, 6.45) is 4.06. The first-order chi connectivity index (χ1) is 19.9. The molecule has 2 amide bonds. The molecule has 0 radical (unpaired) electrons. The number of amides is 2. The molecule has 0 saturated carbocycles. The van der Waals surface area contributed by atoms with Crippen molar-refractivity contribution in [3.8, 4) is 5.75 Å². The third-order valence-electron chi connectivity index (χ3n) is 7.55. The predicted octanol–water partition coefficient (Wildman–Crippen LogP) is 6.74. The quantitative estimate of drug-likeness (QED) is 0.187. The summed E-state index contributed by atoms with van der Waals surface area (Å²) in [4.78, 5) is 34.3. The van der Waals surface area contributed by atoms with Crippen LogP contribution in [0, 0.1) is 11.7 Å². The van der Waals surface area contributed by atoms with Gasteiger partial charge in [0.25, 0.3) is 0 Å². The standard InChI is InChI=1S/C34H40FN3O3/c1-4-27(5-2)34(40)38(23-25-11-15-29(35)16-12-25)24-33(39)37(22-26-13-17-30(18-14-26)41-6-3)20-19-28-21-36-32-10-8-7-9-31(28)32/h7-18,21,27,36H,4-6,19-20,22-24H2,1-3H3. The summed E-state index contributed by atoms with van der Waals surface area (Å²) in [6.45, 7) is 7.63. The summed E-state index contributed by atoms with van der Waals surface area (Å²) in [5.74, 6) is 0.107. The number of ether oxygens (including phenoxy) is 1. The minimum Gasteiger partial charge on any atom is -0.494 e. The SMILES string of the molecule is CCOc1ccc(CN(CCc2c[nH]c3ccccc23)C(=O)CN(Cc2ccc(F)cc2)C(=O)C(CC)CC)cc1. The molecule has 3 aromatic carbocycles. The van der Waals surface area contributed by atoms with E-state index in [2.05, 4.69) is 11.1 Å². The van der Waals surface area contributed by atoms with Crippen LogP contribution < -0.4 is 4.74 Å². The number of rotatable bonds is 14. The topological polar surface area (TPSA) is 65.6 Å². The Hall–Kier alpha value is -4.13. The lowest BCUT2D eigenvalue weighted by Gasteiger charge is -2.30. The van der Waals surface area contributed by atoms with Gasteiger partial charge in [-0.15, -0.1) is 0 Å². The number of hydrogen-bond donors (Lipinski definition) is 1. The number of halogens is 1. The number of benzene rings is 3. The van der Waals surface area contributed by atoms with Gasteiger partial charge in [-0.05, 0) is 73.2 Å². The summed E-state index contributed by atoms with van der Waals surface area (Å²) < 4.78 is 19.1. The first-order valence-corrected chi connectivity index (χ1v) is 14.5. The molecule has 0 unspecified atom stereocenters. The fourth-order valence-electron chi connectivity index (χ4n) is 5.15. The molecule has 216 valence electrons. The van der Waals surface area contributed by atoms with E-state index in [4.69, 9.17) is 4.74 Å². The molecule has 0 atom stereocenters. The van der Waals surface area contributed by atoms with Gasteiger partial charge in [0, 0.05) is 42.7 Å². The maximum absolute atomic E-state index is 13.9. The summed E-state index contributed by atoms with van der Waals surface area (Å²) >= 11 is 0. The number of para-hydroxylation sites is 1. The Labute approximate surface area is 242 Å². The van der Waals surface area contributed by atoms with Crippen molar-refractivity contribution in [3.63, 3.8) is 0 Å². The predicted molar refractivity (Wildman–Crippen MR) is 161 cm³/mol. The van der Waals surface area contributed by atoms with Crippen molar-refractivity contribution in [3.05, 3.63) is 102 Å². The minimum absolute atomic E-state index is 0.0440. The molecule has 0 bridgehead atoms. The van der Waals surface area contributed by atoms with Crippen LogP contribution in [0.15, 0.2) is 79.0 Å². The molecule has 0 fully saturated rings. The van der Waals surface area contributed by atoms with Crippen molar-refractivity contribution in [1.82, 2.24) is 14.8 Å². The Morgan fingerprint density at radius 2 is 1.49 bits per heavy atom. The molecule has 0 saturated heterocycles. The monoisotopic (exact) mass is 557 g/mol. The molecule has 1 aromatic heterocycles. The van der Waals surface area contributed by atoms with Gasteiger partial charge in [0.2, 0.25) is 11.8 Å². The number of H-pyrrole nitrogens is 1. The first-order valence-electron chi connectivity index (χ1n) is 14.5. The molecule has 41 heavy (non-hydrogen) atoms. The lowest BCUT2D eigenvalue weighted by molar-refractivity contribution is -0.144. The molecule has 4 aromatic rings. The third-order valence-corrected chi connectivity index (χ3v) is 7.55. The fourth-order valence-corrected chi connectivity index (χ4v) is 5.15. The van der Waals surface area contributed by atoms with E-state index in [-0.39, 0.29) is 36.6 Å². The van der Waals surface area contributed by atoms with Crippen LogP contribution in [0.3, 0.4) is 0 Å². The lowest BCUT2D eigenvalue weighted by atomic mass is 10.0. The van der Waals surface area contributed by atoms with E-state index in [1.807, 2.05) is 74.3 Å². The van der Waals surface area contributed by atoms with E-state index < -0.39 is 0 Å². The highest BCUT2D eigenvalue weighted by Crippen LogP contribution is 2.21. The van der Waals surface area contributed by atoms with E-state index in [1.54, 1.807) is 17.0 Å². The van der Waals surface area contributed by atoms with Crippen molar-refractivity contribution in [2.24, 2.45) is 5.92 Å². The summed E-state index contributed by atoms with van der Waals surface area (Å²) in [7, 11) is 0. The van der Waals surface area contributed by atoms with Gasteiger partial charge in [0.05, 0.1) is 6.61 Å². The molecule has 7 heteroatoms. The number of carbonyl (C=O) groups excluding carboxylic acids is 2. The van der Waals surface area contributed by atoms with Crippen molar-refractivity contribution >= 4 is 22.7 Å². The van der Waals surface area contributed by atoms with Gasteiger partial charge in [-0.1, -0.05) is 56.3 Å². The Balaban J connectivity index is 1.57. The normalized spacial score (nSPS) is 11.1. The molecular weight excluding hydrogens is 517 g/mol. The van der Waals surface area contributed by atoms with E-state index in [1.165, 1.54) is 12.1 Å². The highest BCUT2D eigenvalue weighted by molar-refractivity contribution is 5.86.